The second-order valence-corrected chi connectivity index (χ2v) is 4.16. The first kappa shape index (κ1) is 12.5. The minimum absolute atomic E-state index is 0.103. The van der Waals surface area contributed by atoms with E-state index in [2.05, 4.69) is 10.6 Å². The number of carbonyl (C=O) groups is 1. The van der Waals surface area contributed by atoms with Crippen LogP contribution in [0.5, 0.6) is 0 Å². The van der Waals surface area contributed by atoms with Crippen molar-refractivity contribution in [3.05, 3.63) is 0 Å². The fraction of sp³-hybridized carbons (Fsp3) is 0.909. The van der Waals surface area contributed by atoms with Gasteiger partial charge in [0.15, 0.2) is 0 Å². The minimum atomic E-state index is 0.103. The molecule has 0 spiro atoms. The molecule has 1 fully saturated rings. The summed E-state index contributed by atoms with van der Waals surface area (Å²) in [5.41, 5.74) is 0. The SMILES string of the molecule is O=C(CNCCCCO)NC1CCCC1. The van der Waals surface area contributed by atoms with Gasteiger partial charge in [0, 0.05) is 12.6 Å². The molecule has 0 aromatic carbocycles. The van der Waals surface area contributed by atoms with E-state index in [0.29, 0.717) is 12.6 Å². The normalized spacial score (nSPS) is 16.9. The predicted molar refractivity (Wildman–Crippen MR) is 59.6 cm³/mol. The van der Waals surface area contributed by atoms with E-state index in [-0.39, 0.29) is 12.5 Å². The highest BCUT2D eigenvalue weighted by Crippen LogP contribution is 2.17. The standard InChI is InChI=1S/C11H22N2O2/c14-8-4-3-7-12-9-11(15)13-10-5-1-2-6-10/h10,12,14H,1-9H2,(H,13,15). The highest BCUT2D eigenvalue weighted by atomic mass is 16.2. The van der Waals surface area contributed by atoms with Gasteiger partial charge in [0.25, 0.3) is 0 Å². The number of rotatable bonds is 7. The molecule has 0 aromatic heterocycles. The number of hydrogen-bond acceptors (Lipinski definition) is 3. The van der Waals surface area contributed by atoms with Crippen LogP contribution in [0.3, 0.4) is 0 Å². The number of aliphatic hydroxyl groups excluding tert-OH is 1. The molecular formula is C11H22N2O2. The number of unbranched alkanes of at least 4 members (excludes halogenated alkanes) is 1. The van der Waals surface area contributed by atoms with Gasteiger partial charge in [-0.15, -0.1) is 0 Å². The van der Waals surface area contributed by atoms with E-state index >= 15 is 0 Å². The van der Waals surface area contributed by atoms with Gasteiger partial charge in [-0.05, 0) is 32.2 Å². The number of hydrogen-bond donors (Lipinski definition) is 3. The van der Waals surface area contributed by atoms with Gasteiger partial charge in [0.1, 0.15) is 0 Å². The number of carbonyl (C=O) groups excluding carboxylic acids is 1. The van der Waals surface area contributed by atoms with E-state index < -0.39 is 0 Å². The Labute approximate surface area is 91.4 Å². The van der Waals surface area contributed by atoms with Crippen molar-refractivity contribution in [1.29, 1.82) is 0 Å². The number of amides is 1. The Balaban J connectivity index is 1.93. The van der Waals surface area contributed by atoms with Gasteiger partial charge in [-0.1, -0.05) is 12.8 Å². The third-order valence-electron chi connectivity index (χ3n) is 2.77. The van der Waals surface area contributed by atoms with E-state index in [4.69, 9.17) is 5.11 Å². The lowest BCUT2D eigenvalue weighted by Gasteiger charge is -2.12. The predicted octanol–water partition coefficient (Wildman–Crippen LogP) is 0.407. The minimum Gasteiger partial charge on any atom is -0.396 e. The van der Waals surface area contributed by atoms with Crippen molar-refractivity contribution < 1.29 is 9.90 Å². The highest BCUT2D eigenvalue weighted by molar-refractivity contribution is 5.78. The van der Waals surface area contributed by atoms with Gasteiger partial charge >= 0.3 is 0 Å². The smallest absolute Gasteiger partial charge is 0.234 e. The summed E-state index contributed by atoms with van der Waals surface area (Å²) in [6.07, 6.45) is 6.49. The number of aliphatic hydroxyl groups is 1. The van der Waals surface area contributed by atoms with Crippen molar-refractivity contribution in [2.24, 2.45) is 0 Å². The molecule has 3 N–H and O–H groups in total. The van der Waals surface area contributed by atoms with Crippen molar-refractivity contribution in [3.8, 4) is 0 Å². The molecule has 1 aliphatic rings. The van der Waals surface area contributed by atoms with Crippen molar-refractivity contribution in [3.63, 3.8) is 0 Å². The van der Waals surface area contributed by atoms with Gasteiger partial charge in [0.2, 0.25) is 5.91 Å². The highest BCUT2D eigenvalue weighted by Gasteiger charge is 2.16. The first-order valence-corrected chi connectivity index (χ1v) is 5.94. The van der Waals surface area contributed by atoms with Crippen LogP contribution in [0.25, 0.3) is 0 Å². The Morgan fingerprint density at radius 1 is 1.27 bits per heavy atom. The zero-order chi connectivity index (χ0) is 10.9. The Morgan fingerprint density at radius 2 is 2.00 bits per heavy atom. The van der Waals surface area contributed by atoms with Crippen LogP contribution in [0, 0.1) is 0 Å². The van der Waals surface area contributed by atoms with Crippen LogP contribution in [-0.2, 0) is 4.79 Å². The largest absolute Gasteiger partial charge is 0.396 e. The van der Waals surface area contributed by atoms with Gasteiger partial charge < -0.3 is 15.7 Å². The molecule has 0 aromatic rings. The van der Waals surface area contributed by atoms with Crippen molar-refractivity contribution in [2.45, 2.75) is 44.6 Å². The monoisotopic (exact) mass is 214 g/mol. The second kappa shape index (κ2) is 7.65. The topological polar surface area (TPSA) is 61.4 Å². The summed E-state index contributed by atoms with van der Waals surface area (Å²) in [7, 11) is 0. The van der Waals surface area contributed by atoms with Crippen LogP contribution in [0.1, 0.15) is 38.5 Å². The van der Waals surface area contributed by atoms with Crippen LogP contribution in [0.15, 0.2) is 0 Å². The van der Waals surface area contributed by atoms with E-state index in [1.807, 2.05) is 0 Å². The van der Waals surface area contributed by atoms with Gasteiger partial charge in [-0.3, -0.25) is 4.79 Å². The van der Waals surface area contributed by atoms with E-state index in [1.165, 1.54) is 12.8 Å². The van der Waals surface area contributed by atoms with Crippen molar-refractivity contribution >= 4 is 5.91 Å². The van der Waals surface area contributed by atoms with Gasteiger partial charge in [0.05, 0.1) is 6.54 Å². The van der Waals surface area contributed by atoms with E-state index in [0.717, 1.165) is 32.2 Å². The molecule has 1 rings (SSSR count). The Morgan fingerprint density at radius 3 is 2.67 bits per heavy atom. The molecule has 0 saturated heterocycles. The molecule has 4 heteroatoms. The van der Waals surface area contributed by atoms with Crippen LogP contribution in [0.2, 0.25) is 0 Å². The first-order chi connectivity index (χ1) is 7.33. The summed E-state index contributed by atoms with van der Waals surface area (Å²) in [5.74, 6) is 0.103. The van der Waals surface area contributed by atoms with Crippen molar-refractivity contribution in [2.75, 3.05) is 19.7 Å². The van der Waals surface area contributed by atoms with Crippen LogP contribution < -0.4 is 10.6 Å². The maximum Gasteiger partial charge on any atom is 0.234 e. The Bertz CT molecular complexity index is 179. The summed E-state index contributed by atoms with van der Waals surface area (Å²) in [6.45, 7) is 1.44. The van der Waals surface area contributed by atoms with E-state index in [1.54, 1.807) is 0 Å². The maximum atomic E-state index is 11.4. The molecule has 88 valence electrons. The lowest BCUT2D eigenvalue weighted by atomic mass is 10.2. The summed E-state index contributed by atoms with van der Waals surface area (Å²) < 4.78 is 0. The van der Waals surface area contributed by atoms with E-state index in [9.17, 15) is 4.79 Å². The molecule has 1 saturated carbocycles. The average Bonchev–Trinajstić information content (AvgIpc) is 2.70. The molecular weight excluding hydrogens is 192 g/mol. The lowest BCUT2D eigenvalue weighted by Crippen LogP contribution is -2.39. The Kier molecular flexibility index (Phi) is 6.36. The fourth-order valence-electron chi connectivity index (χ4n) is 1.91. The first-order valence-electron chi connectivity index (χ1n) is 5.94. The summed E-state index contributed by atoms with van der Waals surface area (Å²) in [6, 6.07) is 0.414. The molecule has 0 aliphatic heterocycles. The summed E-state index contributed by atoms with van der Waals surface area (Å²) in [5, 5.41) is 14.6. The quantitative estimate of drug-likeness (QED) is 0.538. The summed E-state index contributed by atoms with van der Waals surface area (Å²) >= 11 is 0. The van der Waals surface area contributed by atoms with Crippen molar-refractivity contribution in [1.82, 2.24) is 10.6 Å². The molecule has 1 aliphatic carbocycles. The zero-order valence-corrected chi connectivity index (χ0v) is 9.30. The molecule has 1 amide bonds. The third kappa shape index (κ3) is 5.74. The third-order valence-corrected chi connectivity index (χ3v) is 2.77. The number of nitrogens with one attached hydrogen (secondary N) is 2. The van der Waals surface area contributed by atoms with Crippen LogP contribution >= 0.6 is 0 Å². The molecule has 4 nitrogen and oxygen atoms in total. The van der Waals surface area contributed by atoms with Gasteiger partial charge in [-0.25, -0.2) is 0 Å². The second-order valence-electron chi connectivity index (χ2n) is 4.16. The molecule has 0 heterocycles. The lowest BCUT2D eigenvalue weighted by molar-refractivity contribution is -0.120. The fourth-order valence-corrected chi connectivity index (χ4v) is 1.91. The average molecular weight is 214 g/mol. The molecule has 0 bridgehead atoms. The zero-order valence-electron chi connectivity index (χ0n) is 9.30. The summed E-state index contributed by atoms with van der Waals surface area (Å²) in [4.78, 5) is 11.4. The molecule has 0 radical (unpaired) electrons. The molecule has 0 atom stereocenters. The molecule has 15 heavy (non-hydrogen) atoms. The Hall–Kier alpha value is -0.610. The maximum absolute atomic E-state index is 11.4. The van der Waals surface area contributed by atoms with Crippen LogP contribution in [-0.4, -0.2) is 36.8 Å². The van der Waals surface area contributed by atoms with Crippen LogP contribution in [0.4, 0.5) is 0 Å². The van der Waals surface area contributed by atoms with Gasteiger partial charge in [-0.2, -0.15) is 0 Å². The molecule has 0 unspecified atom stereocenters.